The lowest BCUT2D eigenvalue weighted by Crippen LogP contribution is -2.16. The molecule has 1 atom stereocenters. The minimum atomic E-state index is -3.56. The molecule has 3 aromatic rings. The number of rotatable bonds is 6. The molecule has 3 rings (SSSR count). The van der Waals surface area contributed by atoms with Crippen molar-refractivity contribution < 1.29 is 17.9 Å². The molecule has 0 amide bonds. The molecule has 0 radical (unpaired) electrons. The molecule has 0 saturated carbocycles. The number of sulfone groups is 1. The van der Waals surface area contributed by atoms with Crippen LogP contribution in [0.2, 0.25) is 0 Å². The van der Waals surface area contributed by atoms with Crippen molar-refractivity contribution in [1.29, 1.82) is 0 Å². The van der Waals surface area contributed by atoms with Gasteiger partial charge in [-0.15, -0.1) is 22.7 Å². The van der Waals surface area contributed by atoms with E-state index in [1.807, 2.05) is 0 Å². The molecule has 3 aromatic heterocycles. The van der Waals surface area contributed by atoms with Crippen LogP contribution in [0.1, 0.15) is 40.2 Å². The molecule has 0 bridgehead atoms. The van der Waals surface area contributed by atoms with Crippen molar-refractivity contribution in [2.75, 3.05) is 6.61 Å². The summed E-state index contributed by atoms with van der Waals surface area (Å²) in [6.45, 7) is 5.09. The van der Waals surface area contributed by atoms with Gasteiger partial charge in [0, 0.05) is 11.1 Å². The van der Waals surface area contributed by atoms with Crippen molar-refractivity contribution in [3.8, 4) is 11.3 Å². The first kappa shape index (κ1) is 20.4. The smallest absolute Gasteiger partial charge is 0.339 e. The second-order valence-corrected chi connectivity index (χ2v) is 10.3. The van der Waals surface area contributed by atoms with Crippen LogP contribution in [0, 0.1) is 6.92 Å². The van der Waals surface area contributed by atoms with Gasteiger partial charge < -0.3 is 9.72 Å². The van der Waals surface area contributed by atoms with E-state index < -0.39 is 26.6 Å². The zero-order chi connectivity index (χ0) is 20.5. The topological polar surface area (TPSA) is 106 Å². The highest BCUT2D eigenvalue weighted by Gasteiger charge is 2.29. The predicted octanol–water partition coefficient (Wildman–Crippen LogP) is 3.58. The van der Waals surface area contributed by atoms with Gasteiger partial charge in [-0.25, -0.2) is 18.2 Å². The van der Waals surface area contributed by atoms with Crippen molar-refractivity contribution in [2.24, 2.45) is 0 Å². The predicted molar refractivity (Wildman–Crippen MR) is 109 cm³/mol. The number of pyridine rings is 1. The van der Waals surface area contributed by atoms with E-state index in [1.165, 1.54) is 6.07 Å². The maximum Gasteiger partial charge on any atom is 0.339 e. The summed E-state index contributed by atoms with van der Waals surface area (Å²) < 4.78 is 30.7. The maximum atomic E-state index is 12.7. The normalized spacial score (nSPS) is 12.7. The first-order chi connectivity index (χ1) is 13.3. The van der Waals surface area contributed by atoms with Crippen LogP contribution < -0.4 is 5.56 Å². The number of carbonyl (C=O) groups excluding carboxylic acids is 1. The number of thiophene rings is 1. The average Bonchev–Trinajstić information content (AvgIpc) is 3.33. The van der Waals surface area contributed by atoms with Gasteiger partial charge in [0.1, 0.15) is 14.5 Å². The van der Waals surface area contributed by atoms with Crippen LogP contribution in [0.15, 0.2) is 38.0 Å². The fourth-order valence-corrected chi connectivity index (χ4v) is 6.39. The third-order valence-corrected chi connectivity index (χ3v) is 8.80. The number of hydrogen-bond donors (Lipinski definition) is 1. The molecule has 148 valence electrons. The summed E-state index contributed by atoms with van der Waals surface area (Å²) in [6.07, 6.45) is 0. The Balaban J connectivity index is 1.99. The lowest BCUT2D eigenvalue weighted by atomic mass is 10.1. The number of ether oxygens (including phenoxy) is 1. The Bertz CT molecular complexity index is 1160. The quantitative estimate of drug-likeness (QED) is 0.590. The Morgan fingerprint density at radius 1 is 1.36 bits per heavy atom. The van der Waals surface area contributed by atoms with E-state index in [-0.39, 0.29) is 21.9 Å². The molecule has 10 heteroatoms. The largest absolute Gasteiger partial charge is 0.462 e. The number of nitrogens with one attached hydrogen (secondary N) is 1. The summed E-state index contributed by atoms with van der Waals surface area (Å²) in [5, 5.41) is 2.85. The van der Waals surface area contributed by atoms with Crippen molar-refractivity contribution in [2.45, 2.75) is 30.2 Å². The highest BCUT2D eigenvalue weighted by atomic mass is 32.2. The summed E-state index contributed by atoms with van der Waals surface area (Å²) in [7, 11) is -3.56. The molecule has 0 aromatic carbocycles. The van der Waals surface area contributed by atoms with E-state index in [0.717, 1.165) is 22.7 Å². The molecule has 7 nitrogen and oxygen atoms in total. The third-order valence-electron chi connectivity index (χ3n) is 4.12. The van der Waals surface area contributed by atoms with Crippen LogP contribution in [0.5, 0.6) is 0 Å². The Labute approximate surface area is 170 Å². The second kappa shape index (κ2) is 7.98. The molecular weight excluding hydrogens is 420 g/mol. The van der Waals surface area contributed by atoms with Gasteiger partial charge in [-0.1, -0.05) is 6.07 Å². The van der Waals surface area contributed by atoms with Gasteiger partial charge in [0.2, 0.25) is 0 Å². The molecule has 1 N–H and O–H groups in total. The number of thiazole rings is 1. The van der Waals surface area contributed by atoms with E-state index >= 15 is 0 Å². The Morgan fingerprint density at radius 3 is 2.75 bits per heavy atom. The van der Waals surface area contributed by atoms with Crippen LogP contribution in [-0.4, -0.2) is 31.0 Å². The lowest BCUT2D eigenvalue weighted by Gasteiger charge is -2.08. The van der Waals surface area contributed by atoms with E-state index in [0.29, 0.717) is 16.4 Å². The van der Waals surface area contributed by atoms with Gasteiger partial charge in [0.25, 0.3) is 5.56 Å². The number of nitrogens with zero attached hydrogens (tertiary/aromatic N) is 1. The number of aromatic amines is 1. The van der Waals surface area contributed by atoms with Gasteiger partial charge in [-0.3, -0.25) is 4.79 Å². The summed E-state index contributed by atoms with van der Waals surface area (Å²) in [5.41, 5.74) is 0.745. The zero-order valence-electron chi connectivity index (χ0n) is 15.4. The number of aromatic nitrogens is 2. The molecule has 0 fully saturated rings. The number of aryl methyl sites for hydroxylation is 1. The molecule has 0 aliphatic heterocycles. The molecule has 3 heterocycles. The average molecular weight is 439 g/mol. The summed E-state index contributed by atoms with van der Waals surface area (Å²) >= 11 is 2.31. The van der Waals surface area contributed by atoms with Gasteiger partial charge in [0.05, 0.1) is 23.4 Å². The second-order valence-electron chi connectivity index (χ2n) is 5.96. The van der Waals surface area contributed by atoms with Crippen LogP contribution in [0.4, 0.5) is 0 Å². The maximum absolute atomic E-state index is 12.7. The van der Waals surface area contributed by atoms with Gasteiger partial charge >= 0.3 is 5.97 Å². The van der Waals surface area contributed by atoms with Gasteiger partial charge in [0.15, 0.2) is 9.84 Å². The zero-order valence-corrected chi connectivity index (χ0v) is 17.8. The fraction of sp³-hybridized carbons (Fsp3) is 0.278. The van der Waals surface area contributed by atoms with Gasteiger partial charge in [-0.2, -0.15) is 0 Å². The first-order valence-corrected chi connectivity index (χ1v) is 11.7. The monoisotopic (exact) mass is 438 g/mol. The number of hydrogen-bond acceptors (Lipinski definition) is 8. The Hall–Kier alpha value is -2.30. The van der Waals surface area contributed by atoms with E-state index in [1.54, 1.807) is 43.7 Å². The molecule has 0 aliphatic carbocycles. The molecule has 0 aliphatic rings. The standard InChI is InChI=1S/C18H18N2O5S3/c1-4-25-18(22)12-8-13(16(21)19-10(12)2)14-9-27-17(20-14)11(3)28(23,24)15-6-5-7-26-15/h5-9,11H,4H2,1-3H3,(H,19,21). The number of esters is 1. The van der Waals surface area contributed by atoms with Crippen molar-refractivity contribution >= 4 is 38.5 Å². The van der Waals surface area contributed by atoms with Crippen molar-refractivity contribution in [3.63, 3.8) is 0 Å². The van der Waals surface area contributed by atoms with Crippen LogP contribution in [-0.2, 0) is 14.6 Å². The third kappa shape index (κ3) is 3.80. The molecule has 1 unspecified atom stereocenters. The van der Waals surface area contributed by atoms with E-state index in [2.05, 4.69) is 9.97 Å². The number of H-pyrrole nitrogens is 1. The molecule has 28 heavy (non-hydrogen) atoms. The lowest BCUT2D eigenvalue weighted by molar-refractivity contribution is 0.0525. The minimum Gasteiger partial charge on any atom is -0.462 e. The van der Waals surface area contributed by atoms with Crippen LogP contribution >= 0.6 is 22.7 Å². The summed E-state index contributed by atoms with van der Waals surface area (Å²) in [5.74, 6) is -0.540. The Morgan fingerprint density at radius 2 is 2.11 bits per heavy atom. The van der Waals surface area contributed by atoms with E-state index in [9.17, 15) is 18.0 Å². The van der Waals surface area contributed by atoms with Gasteiger partial charge in [-0.05, 0) is 38.3 Å². The highest BCUT2D eigenvalue weighted by molar-refractivity contribution is 7.93. The molecule has 0 spiro atoms. The first-order valence-electron chi connectivity index (χ1n) is 8.40. The highest BCUT2D eigenvalue weighted by Crippen LogP contribution is 2.34. The van der Waals surface area contributed by atoms with Crippen molar-refractivity contribution in [3.05, 3.63) is 55.6 Å². The summed E-state index contributed by atoms with van der Waals surface area (Å²) in [6, 6.07) is 4.67. The number of carbonyl (C=O) groups is 1. The minimum absolute atomic E-state index is 0.192. The van der Waals surface area contributed by atoms with E-state index in [4.69, 9.17) is 4.74 Å². The molecular formula is C18H18N2O5S3. The fourth-order valence-electron chi connectivity index (χ4n) is 2.56. The summed E-state index contributed by atoms with van der Waals surface area (Å²) in [4.78, 5) is 31.5. The van der Waals surface area contributed by atoms with Crippen LogP contribution in [0.3, 0.4) is 0 Å². The van der Waals surface area contributed by atoms with Crippen molar-refractivity contribution in [1.82, 2.24) is 9.97 Å². The molecule has 0 saturated heterocycles. The van der Waals surface area contributed by atoms with Crippen LogP contribution in [0.25, 0.3) is 11.3 Å². The SMILES string of the molecule is CCOC(=O)c1cc(-c2csc(C(C)S(=O)(=O)c3cccs3)n2)c(=O)[nH]c1C. The Kier molecular flexibility index (Phi) is 5.82.